The minimum absolute atomic E-state index is 0.0251. The van der Waals surface area contributed by atoms with Crippen LogP contribution in [-0.4, -0.2) is 33.5 Å². The second-order valence-electron chi connectivity index (χ2n) is 5.42. The van der Waals surface area contributed by atoms with Crippen molar-refractivity contribution in [2.45, 2.75) is 31.2 Å². The van der Waals surface area contributed by atoms with E-state index in [-0.39, 0.29) is 17.2 Å². The molecule has 0 aromatic heterocycles. The Labute approximate surface area is 133 Å². The second-order valence-corrected chi connectivity index (χ2v) is 8.07. The molecule has 0 saturated heterocycles. The average molecular weight is 379 g/mol. The topological polar surface area (TPSA) is 84.5 Å². The number of carbonyl (C=O) groups is 1. The fourth-order valence-corrected chi connectivity index (χ4v) is 3.25. The summed E-state index contributed by atoms with van der Waals surface area (Å²) in [5.74, 6) is -0.193. The summed E-state index contributed by atoms with van der Waals surface area (Å²) in [5.41, 5.74) is -0.421. The molecule has 8 heteroatoms. The first-order chi connectivity index (χ1) is 9.55. The van der Waals surface area contributed by atoms with Crippen molar-refractivity contribution >= 4 is 31.9 Å². The van der Waals surface area contributed by atoms with Crippen LogP contribution >= 0.6 is 15.9 Å². The molecule has 0 aliphatic carbocycles. The standard InChI is InChI=1S/C13H19BrN2O4S/c1-13(2,3)16-12(17)8-15-21(18,19)11-7-9(14)5-6-10(11)20-4/h5-7,15H,8H2,1-4H3,(H,16,17). The minimum Gasteiger partial charge on any atom is -0.495 e. The predicted octanol–water partition coefficient (Wildman–Crippen LogP) is 1.65. The maximum Gasteiger partial charge on any atom is 0.244 e. The van der Waals surface area contributed by atoms with Gasteiger partial charge in [0.1, 0.15) is 10.6 Å². The molecule has 0 bridgehead atoms. The van der Waals surface area contributed by atoms with Crippen molar-refractivity contribution in [3.63, 3.8) is 0 Å². The molecule has 1 rings (SSSR count). The first-order valence-electron chi connectivity index (χ1n) is 6.19. The Balaban J connectivity index is 2.88. The molecule has 0 aliphatic heterocycles. The normalized spacial score (nSPS) is 12.0. The van der Waals surface area contributed by atoms with Crippen LogP contribution in [0, 0.1) is 0 Å². The van der Waals surface area contributed by atoms with Crippen LogP contribution in [0.5, 0.6) is 5.75 Å². The van der Waals surface area contributed by atoms with Crippen LogP contribution in [0.25, 0.3) is 0 Å². The Morgan fingerprint density at radius 2 is 1.95 bits per heavy atom. The molecule has 0 saturated carbocycles. The molecular formula is C13H19BrN2O4S. The number of ether oxygens (including phenoxy) is 1. The highest BCUT2D eigenvalue weighted by Gasteiger charge is 2.22. The van der Waals surface area contributed by atoms with E-state index in [4.69, 9.17) is 4.74 Å². The van der Waals surface area contributed by atoms with Crippen LogP contribution in [0.2, 0.25) is 0 Å². The van der Waals surface area contributed by atoms with E-state index in [2.05, 4.69) is 26.0 Å². The lowest BCUT2D eigenvalue weighted by Gasteiger charge is -2.20. The smallest absolute Gasteiger partial charge is 0.244 e. The summed E-state index contributed by atoms with van der Waals surface area (Å²) in [7, 11) is -2.46. The Hall–Kier alpha value is -1.12. The fraction of sp³-hybridized carbons (Fsp3) is 0.462. The maximum atomic E-state index is 12.2. The Bertz CT molecular complexity index is 624. The van der Waals surface area contributed by atoms with E-state index in [0.29, 0.717) is 4.47 Å². The van der Waals surface area contributed by atoms with Crippen LogP contribution in [0.3, 0.4) is 0 Å². The summed E-state index contributed by atoms with van der Waals surface area (Å²) >= 11 is 3.21. The third-order valence-electron chi connectivity index (χ3n) is 2.35. The Kier molecular flexibility index (Phi) is 5.77. The van der Waals surface area contributed by atoms with Gasteiger partial charge in [0.2, 0.25) is 15.9 Å². The van der Waals surface area contributed by atoms with Gasteiger partial charge in [0.25, 0.3) is 0 Å². The number of sulfonamides is 1. The molecule has 0 spiro atoms. The van der Waals surface area contributed by atoms with E-state index in [1.807, 2.05) is 20.8 Å². The summed E-state index contributed by atoms with van der Waals surface area (Å²) in [6, 6.07) is 4.63. The maximum absolute atomic E-state index is 12.2. The van der Waals surface area contributed by atoms with Gasteiger partial charge in [-0.1, -0.05) is 15.9 Å². The van der Waals surface area contributed by atoms with Gasteiger partial charge in [0, 0.05) is 10.0 Å². The van der Waals surface area contributed by atoms with Gasteiger partial charge >= 0.3 is 0 Å². The predicted molar refractivity (Wildman–Crippen MR) is 83.8 cm³/mol. The van der Waals surface area contributed by atoms with Crippen molar-refractivity contribution in [1.82, 2.24) is 10.0 Å². The molecule has 0 fully saturated rings. The van der Waals surface area contributed by atoms with Crippen molar-refractivity contribution < 1.29 is 17.9 Å². The molecule has 0 atom stereocenters. The highest BCUT2D eigenvalue weighted by atomic mass is 79.9. The summed E-state index contributed by atoms with van der Waals surface area (Å²) < 4.78 is 32.4. The van der Waals surface area contributed by atoms with Crippen molar-refractivity contribution in [1.29, 1.82) is 0 Å². The summed E-state index contributed by atoms with van der Waals surface area (Å²) in [6.45, 7) is 5.11. The van der Waals surface area contributed by atoms with Crippen LogP contribution in [-0.2, 0) is 14.8 Å². The number of halogens is 1. The lowest BCUT2D eigenvalue weighted by molar-refractivity contribution is -0.121. The molecule has 1 aromatic carbocycles. The Morgan fingerprint density at radius 1 is 1.33 bits per heavy atom. The van der Waals surface area contributed by atoms with Gasteiger partial charge in [-0.05, 0) is 39.0 Å². The van der Waals surface area contributed by atoms with Crippen molar-refractivity contribution in [3.05, 3.63) is 22.7 Å². The number of hydrogen-bond acceptors (Lipinski definition) is 4. The minimum atomic E-state index is -3.84. The number of nitrogens with one attached hydrogen (secondary N) is 2. The lowest BCUT2D eigenvalue weighted by atomic mass is 10.1. The monoisotopic (exact) mass is 378 g/mol. The van der Waals surface area contributed by atoms with Crippen LogP contribution in [0.15, 0.2) is 27.6 Å². The van der Waals surface area contributed by atoms with Gasteiger partial charge in [0.05, 0.1) is 13.7 Å². The van der Waals surface area contributed by atoms with E-state index in [1.165, 1.54) is 19.2 Å². The third-order valence-corrected chi connectivity index (χ3v) is 4.27. The highest BCUT2D eigenvalue weighted by Crippen LogP contribution is 2.26. The van der Waals surface area contributed by atoms with Gasteiger partial charge in [0.15, 0.2) is 0 Å². The van der Waals surface area contributed by atoms with Crippen LogP contribution < -0.4 is 14.8 Å². The number of methoxy groups -OCH3 is 1. The van der Waals surface area contributed by atoms with Gasteiger partial charge in [-0.3, -0.25) is 4.79 Å². The zero-order valence-electron chi connectivity index (χ0n) is 12.4. The number of hydrogen-bond donors (Lipinski definition) is 2. The number of amides is 1. The van der Waals surface area contributed by atoms with Crippen molar-refractivity contribution in [3.8, 4) is 5.75 Å². The highest BCUT2D eigenvalue weighted by molar-refractivity contribution is 9.10. The zero-order valence-corrected chi connectivity index (χ0v) is 14.8. The second kappa shape index (κ2) is 6.76. The van der Waals surface area contributed by atoms with Gasteiger partial charge in [-0.25, -0.2) is 13.1 Å². The molecular weight excluding hydrogens is 360 g/mol. The van der Waals surface area contributed by atoms with Crippen molar-refractivity contribution in [2.75, 3.05) is 13.7 Å². The summed E-state index contributed by atoms with van der Waals surface area (Å²) in [4.78, 5) is 11.7. The largest absolute Gasteiger partial charge is 0.495 e. The average Bonchev–Trinajstić information content (AvgIpc) is 2.34. The van der Waals surface area contributed by atoms with Crippen LogP contribution in [0.4, 0.5) is 0 Å². The molecule has 0 radical (unpaired) electrons. The van der Waals surface area contributed by atoms with Crippen LogP contribution in [0.1, 0.15) is 20.8 Å². The SMILES string of the molecule is COc1ccc(Br)cc1S(=O)(=O)NCC(=O)NC(C)(C)C. The van der Waals surface area contributed by atoms with E-state index in [0.717, 1.165) is 0 Å². The first-order valence-corrected chi connectivity index (χ1v) is 8.47. The third kappa shape index (κ3) is 5.64. The quantitative estimate of drug-likeness (QED) is 0.815. The van der Waals surface area contributed by atoms with E-state index in [9.17, 15) is 13.2 Å². The molecule has 6 nitrogen and oxygen atoms in total. The molecule has 0 aliphatic rings. The molecule has 2 N–H and O–H groups in total. The van der Waals surface area contributed by atoms with Gasteiger partial charge < -0.3 is 10.1 Å². The summed E-state index contributed by atoms with van der Waals surface area (Å²) in [5, 5.41) is 2.68. The van der Waals surface area contributed by atoms with Gasteiger partial charge in [-0.2, -0.15) is 0 Å². The Morgan fingerprint density at radius 3 is 2.48 bits per heavy atom. The first kappa shape index (κ1) is 17.9. The molecule has 0 unspecified atom stereocenters. The number of benzene rings is 1. The van der Waals surface area contributed by atoms with E-state index >= 15 is 0 Å². The lowest BCUT2D eigenvalue weighted by Crippen LogP contribution is -2.45. The molecule has 1 aromatic rings. The van der Waals surface area contributed by atoms with E-state index < -0.39 is 21.5 Å². The number of rotatable bonds is 5. The van der Waals surface area contributed by atoms with E-state index in [1.54, 1.807) is 6.07 Å². The van der Waals surface area contributed by atoms with Gasteiger partial charge in [-0.15, -0.1) is 0 Å². The molecule has 21 heavy (non-hydrogen) atoms. The summed E-state index contributed by atoms with van der Waals surface area (Å²) in [6.07, 6.45) is 0. The molecule has 0 heterocycles. The number of carbonyl (C=O) groups excluding carboxylic acids is 1. The fourth-order valence-electron chi connectivity index (χ4n) is 1.56. The zero-order chi connectivity index (χ0) is 16.3. The molecule has 1 amide bonds. The van der Waals surface area contributed by atoms with Crippen molar-refractivity contribution in [2.24, 2.45) is 0 Å². The molecule has 118 valence electrons.